The van der Waals surface area contributed by atoms with Gasteiger partial charge in [0.2, 0.25) is 0 Å². The van der Waals surface area contributed by atoms with Crippen molar-refractivity contribution in [2.45, 2.75) is 32.7 Å². The van der Waals surface area contributed by atoms with Gasteiger partial charge in [0.1, 0.15) is 5.76 Å². The lowest BCUT2D eigenvalue weighted by molar-refractivity contribution is -0.131. The number of nitrogens with zero attached hydrogens (tertiary/aromatic N) is 3. The zero-order valence-electron chi connectivity index (χ0n) is 20.3. The highest BCUT2D eigenvalue weighted by molar-refractivity contribution is 6.11. The molecule has 0 bridgehead atoms. The maximum absolute atomic E-state index is 13.9. The minimum Gasteiger partial charge on any atom is -0.360 e. The van der Waals surface area contributed by atoms with Crippen molar-refractivity contribution in [1.82, 2.24) is 19.9 Å². The number of ketones is 1. The van der Waals surface area contributed by atoms with Crippen molar-refractivity contribution >= 4 is 17.7 Å². The highest BCUT2D eigenvalue weighted by Crippen LogP contribution is 2.33. The molecule has 1 aliphatic heterocycles. The monoisotopic (exact) mass is 482 g/mol. The standard InChI is InChI=1S/C28H26N4O4/c1-18-14-23(20(3)32(18)25-15-19(2)36-30-25)24(33)17-31-26(34)28(29-27(31)35,22-12-8-5-9-13-22)16-21-10-6-4-7-11-21/h4-15H,16-17H2,1-3H3,(H,29,35)/t28-/m0/s1. The lowest BCUT2D eigenvalue weighted by Gasteiger charge is -2.27. The van der Waals surface area contributed by atoms with Crippen LogP contribution in [0, 0.1) is 20.8 Å². The minimum absolute atomic E-state index is 0.271. The van der Waals surface area contributed by atoms with Gasteiger partial charge < -0.3 is 9.84 Å². The van der Waals surface area contributed by atoms with E-state index < -0.39 is 17.5 Å². The molecule has 2 aromatic heterocycles. The first-order chi connectivity index (χ1) is 17.3. The maximum Gasteiger partial charge on any atom is 0.325 e. The van der Waals surface area contributed by atoms with E-state index in [-0.39, 0.29) is 18.7 Å². The fourth-order valence-electron chi connectivity index (χ4n) is 4.90. The number of benzene rings is 2. The fraction of sp³-hybridized carbons (Fsp3) is 0.214. The van der Waals surface area contributed by atoms with Crippen molar-refractivity contribution in [1.29, 1.82) is 0 Å². The van der Waals surface area contributed by atoms with E-state index >= 15 is 0 Å². The van der Waals surface area contributed by atoms with Gasteiger partial charge in [-0.25, -0.2) is 4.79 Å². The number of urea groups is 1. The molecule has 0 spiro atoms. The zero-order chi connectivity index (χ0) is 25.4. The van der Waals surface area contributed by atoms with Crippen LogP contribution in [0.25, 0.3) is 5.82 Å². The SMILES string of the molecule is Cc1cc(-n2c(C)cc(C(=O)CN3C(=O)N[C@@](Cc4ccccc4)(c4ccccc4)C3=O)c2C)no1. The van der Waals surface area contributed by atoms with E-state index in [9.17, 15) is 14.4 Å². The number of hydrogen-bond acceptors (Lipinski definition) is 5. The first-order valence-corrected chi connectivity index (χ1v) is 11.7. The third-order valence-electron chi connectivity index (χ3n) is 6.63. The molecule has 0 radical (unpaired) electrons. The normalized spacial score (nSPS) is 17.5. The van der Waals surface area contributed by atoms with Gasteiger partial charge >= 0.3 is 6.03 Å². The summed E-state index contributed by atoms with van der Waals surface area (Å²) in [6.45, 7) is 5.10. The van der Waals surface area contributed by atoms with Crippen molar-refractivity contribution in [3.05, 3.63) is 107 Å². The molecule has 8 heteroatoms. The number of imide groups is 1. The van der Waals surface area contributed by atoms with E-state index in [2.05, 4.69) is 10.5 Å². The number of nitrogens with one attached hydrogen (secondary N) is 1. The molecule has 2 aromatic carbocycles. The van der Waals surface area contributed by atoms with Crippen LogP contribution in [0.1, 0.15) is 38.6 Å². The Morgan fingerprint density at radius 3 is 2.28 bits per heavy atom. The highest BCUT2D eigenvalue weighted by atomic mass is 16.5. The molecule has 1 saturated heterocycles. The second-order valence-corrected chi connectivity index (χ2v) is 9.09. The number of rotatable bonds is 7. The Kier molecular flexibility index (Phi) is 5.80. The summed E-state index contributed by atoms with van der Waals surface area (Å²) in [7, 11) is 0. The third kappa shape index (κ3) is 3.90. The Morgan fingerprint density at radius 2 is 1.64 bits per heavy atom. The summed E-state index contributed by atoms with van der Waals surface area (Å²) in [4.78, 5) is 41.4. The summed E-state index contributed by atoms with van der Waals surface area (Å²) < 4.78 is 7.01. The van der Waals surface area contributed by atoms with Gasteiger partial charge in [-0.15, -0.1) is 0 Å². The van der Waals surface area contributed by atoms with Crippen molar-refractivity contribution in [2.75, 3.05) is 6.54 Å². The summed E-state index contributed by atoms with van der Waals surface area (Å²) in [6, 6.07) is 21.6. The summed E-state index contributed by atoms with van der Waals surface area (Å²) in [5.74, 6) is 0.446. The van der Waals surface area contributed by atoms with Crippen LogP contribution in [0.15, 0.2) is 77.3 Å². The van der Waals surface area contributed by atoms with Gasteiger partial charge in [0, 0.05) is 29.4 Å². The molecular formula is C28H26N4O4. The molecule has 36 heavy (non-hydrogen) atoms. The van der Waals surface area contributed by atoms with Crippen LogP contribution in [0.3, 0.4) is 0 Å². The molecule has 1 aliphatic rings. The number of carbonyl (C=O) groups is 3. The molecule has 8 nitrogen and oxygen atoms in total. The number of hydrogen-bond donors (Lipinski definition) is 1. The molecule has 5 rings (SSSR count). The van der Waals surface area contributed by atoms with Crippen molar-refractivity contribution in [3.63, 3.8) is 0 Å². The van der Waals surface area contributed by atoms with Gasteiger partial charge in [0.15, 0.2) is 17.1 Å². The molecule has 1 atom stereocenters. The summed E-state index contributed by atoms with van der Waals surface area (Å²) >= 11 is 0. The average molecular weight is 483 g/mol. The molecule has 4 aromatic rings. The Morgan fingerprint density at radius 1 is 0.972 bits per heavy atom. The number of amides is 3. The molecule has 1 fully saturated rings. The van der Waals surface area contributed by atoms with E-state index in [4.69, 9.17) is 4.52 Å². The quantitative estimate of drug-likeness (QED) is 0.314. The molecule has 1 N–H and O–H groups in total. The van der Waals surface area contributed by atoms with Crippen LogP contribution >= 0.6 is 0 Å². The Labute approximate surface area is 208 Å². The Bertz CT molecular complexity index is 1460. The van der Waals surface area contributed by atoms with Gasteiger partial charge in [-0.05, 0) is 38.0 Å². The lowest BCUT2D eigenvalue weighted by atomic mass is 9.83. The molecule has 182 valence electrons. The van der Waals surface area contributed by atoms with E-state index in [1.807, 2.05) is 72.2 Å². The van der Waals surface area contributed by atoms with Gasteiger partial charge in [0.05, 0.1) is 6.54 Å². The third-order valence-corrected chi connectivity index (χ3v) is 6.63. The number of carbonyl (C=O) groups excluding carboxylic acids is 3. The van der Waals surface area contributed by atoms with E-state index in [1.165, 1.54) is 0 Å². The smallest absolute Gasteiger partial charge is 0.325 e. The topological polar surface area (TPSA) is 97.4 Å². The summed E-state index contributed by atoms with van der Waals surface area (Å²) in [5, 5.41) is 6.95. The van der Waals surface area contributed by atoms with Gasteiger partial charge in [-0.2, -0.15) is 0 Å². The molecule has 0 aliphatic carbocycles. The Hall–Kier alpha value is -4.46. The molecule has 0 unspecified atom stereocenters. The van der Waals surface area contributed by atoms with Crippen LogP contribution in [-0.4, -0.2) is 38.9 Å². The second kappa shape index (κ2) is 8.96. The number of Topliss-reactive ketones (excluding diaryl/α,β-unsaturated/α-hetero) is 1. The summed E-state index contributed by atoms with van der Waals surface area (Å²) in [6.07, 6.45) is 0.271. The number of aryl methyl sites for hydroxylation is 2. The largest absolute Gasteiger partial charge is 0.360 e. The fourth-order valence-corrected chi connectivity index (χ4v) is 4.90. The molecule has 3 amide bonds. The average Bonchev–Trinajstić information content (AvgIpc) is 3.50. The molecule has 3 heterocycles. The first-order valence-electron chi connectivity index (χ1n) is 11.7. The number of aromatic nitrogens is 2. The maximum atomic E-state index is 13.9. The van der Waals surface area contributed by atoms with Crippen molar-refractivity contribution in [2.24, 2.45) is 0 Å². The molecular weight excluding hydrogens is 456 g/mol. The van der Waals surface area contributed by atoms with Crippen LogP contribution in [0.5, 0.6) is 0 Å². The Balaban J connectivity index is 1.46. The van der Waals surface area contributed by atoms with Crippen LogP contribution in [0.4, 0.5) is 4.79 Å². The van der Waals surface area contributed by atoms with Crippen molar-refractivity contribution < 1.29 is 18.9 Å². The predicted octanol–water partition coefficient (Wildman–Crippen LogP) is 4.26. The van der Waals surface area contributed by atoms with Gasteiger partial charge in [-0.3, -0.25) is 19.1 Å². The predicted molar refractivity (Wildman–Crippen MR) is 133 cm³/mol. The van der Waals surface area contributed by atoms with Crippen LogP contribution in [-0.2, 0) is 16.8 Å². The van der Waals surface area contributed by atoms with E-state index in [1.54, 1.807) is 26.0 Å². The van der Waals surface area contributed by atoms with Crippen LogP contribution < -0.4 is 5.32 Å². The highest BCUT2D eigenvalue weighted by Gasteiger charge is 2.52. The minimum atomic E-state index is -1.30. The lowest BCUT2D eigenvalue weighted by Crippen LogP contribution is -2.46. The van der Waals surface area contributed by atoms with Crippen molar-refractivity contribution in [3.8, 4) is 5.82 Å². The second-order valence-electron chi connectivity index (χ2n) is 9.09. The van der Waals surface area contributed by atoms with E-state index in [0.717, 1.165) is 16.2 Å². The summed E-state index contributed by atoms with van der Waals surface area (Å²) in [5.41, 5.74) is 2.15. The zero-order valence-corrected chi connectivity index (χ0v) is 20.3. The van der Waals surface area contributed by atoms with Crippen LogP contribution in [0.2, 0.25) is 0 Å². The first kappa shape index (κ1) is 23.3. The van der Waals surface area contributed by atoms with E-state index in [0.29, 0.717) is 28.4 Å². The van der Waals surface area contributed by atoms with Gasteiger partial charge in [0.25, 0.3) is 5.91 Å². The molecule has 0 saturated carbocycles. The van der Waals surface area contributed by atoms with Gasteiger partial charge in [-0.1, -0.05) is 65.8 Å².